The van der Waals surface area contributed by atoms with Crippen LogP contribution in [0.15, 0.2) is 22.8 Å². The molecule has 0 spiro atoms. The molecular weight excluding hydrogens is 200 g/mol. The summed E-state index contributed by atoms with van der Waals surface area (Å²) in [6.45, 7) is 6.51. The van der Waals surface area contributed by atoms with E-state index in [2.05, 4.69) is 38.2 Å². The summed E-state index contributed by atoms with van der Waals surface area (Å²) in [4.78, 5) is 2.18. The molecule has 1 aromatic heterocycles. The van der Waals surface area contributed by atoms with Crippen molar-refractivity contribution in [3.05, 3.63) is 24.2 Å². The van der Waals surface area contributed by atoms with E-state index in [1.807, 2.05) is 12.1 Å². The largest absolute Gasteiger partial charge is 0.468 e. The maximum absolute atomic E-state index is 5.45. The fourth-order valence-electron chi connectivity index (χ4n) is 1.65. The molecule has 0 aromatic carbocycles. The highest BCUT2D eigenvalue weighted by Gasteiger charge is 2.15. The van der Waals surface area contributed by atoms with Gasteiger partial charge in [0.25, 0.3) is 0 Å². The summed E-state index contributed by atoms with van der Waals surface area (Å²) in [5, 5.41) is 3.48. The smallest absolute Gasteiger partial charge is 0.122 e. The molecule has 92 valence electrons. The molecule has 0 saturated carbocycles. The summed E-state index contributed by atoms with van der Waals surface area (Å²) in [7, 11) is 4.16. The van der Waals surface area contributed by atoms with Crippen molar-refractivity contribution < 1.29 is 4.42 Å². The van der Waals surface area contributed by atoms with Gasteiger partial charge in [0.1, 0.15) is 5.76 Å². The minimum atomic E-state index is 0.321. The maximum Gasteiger partial charge on any atom is 0.122 e. The zero-order chi connectivity index (χ0) is 12.0. The van der Waals surface area contributed by atoms with Gasteiger partial charge < -0.3 is 9.73 Å². The number of hydrogen-bond donors (Lipinski definition) is 1. The average molecular weight is 224 g/mol. The SMILES string of the molecule is CC(C)CCNCC(c1ccco1)N(C)C. The third-order valence-corrected chi connectivity index (χ3v) is 2.73. The van der Waals surface area contributed by atoms with E-state index in [0.29, 0.717) is 6.04 Å². The predicted molar refractivity (Wildman–Crippen MR) is 67.5 cm³/mol. The summed E-state index contributed by atoms with van der Waals surface area (Å²) < 4.78 is 5.45. The molecule has 0 radical (unpaired) electrons. The van der Waals surface area contributed by atoms with Crippen LogP contribution >= 0.6 is 0 Å². The van der Waals surface area contributed by atoms with E-state index in [1.165, 1.54) is 6.42 Å². The summed E-state index contributed by atoms with van der Waals surface area (Å²) in [5.74, 6) is 1.79. The molecule has 1 heterocycles. The molecule has 3 nitrogen and oxygen atoms in total. The van der Waals surface area contributed by atoms with Crippen LogP contribution in [0.1, 0.15) is 32.1 Å². The van der Waals surface area contributed by atoms with Crippen LogP contribution in [0.3, 0.4) is 0 Å². The quantitative estimate of drug-likeness (QED) is 0.721. The number of nitrogens with zero attached hydrogens (tertiary/aromatic N) is 1. The van der Waals surface area contributed by atoms with Crippen molar-refractivity contribution in [2.75, 3.05) is 27.2 Å². The molecule has 1 aromatic rings. The van der Waals surface area contributed by atoms with Crippen molar-refractivity contribution in [3.8, 4) is 0 Å². The van der Waals surface area contributed by atoms with Gasteiger partial charge in [-0.1, -0.05) is 13.8 Å². The summed E-state index contributed by atoms with van der Waals surface area (Å²) in [5.41, 5.74) is 0. The number of nitrogens with one attached hydrogen (secondary N) is 1. The third kappa shape index (κ3) is 4.37. The highest BCUT2D eigenvalue weighted by Crippen LogP contribution is 2.17. The minimum Gasteiger partial charge on any atom is -0.468 e. The van der Waals surface area contributed by atoms with Gasteiger partial charge in [-0.25, -0.2) is 0 Å². The number of furan rings is 1. The van der Waals surface area contributed by atoms with Crippen LogP contribution in [0.5, 0.6) is 0 Å². The molecule has 0 amide bonds. The molecule has 1 atom stereocenters. The van der Waals surface area contributed by atoms with Crippen LogP contribution in [-0.4, -0.2) is 32.1 Å². The topological polar surface area (TPSA) is 28.4 Å². The second-order valence-corrected chi connectivity index (χ2v) is 4.88. The van der Waals surface area contributed by atoms with E-state index >= 15 is 0 Å². The van der Waals surface area contributed by atoms with Crippen LogP contribution in [0.2, 0.25) is 0 Å². The first-order valence-electron chi connectivity index (χ1n) is 6.01. The van der Waals surface area contributed by atoms with Crippen molar-refractivity contribution in [1.82, 2.24) is 10.2 Å². The van der Waals surface area contributed by atoms with Gasteiger partial charge in [-0.05, 0) is 45.1 Å². The third-order valence-electron chi connectivity index (χ3n) is 2.73. The van der Waals surface area contributed by atoms with E-state index in [-0.39, 0.29) is 0 Å². The minimum absolute atomic E-state index is 0.321. The monoisotopic (exact) mass is 224 g/mol. The molecule has 16 heavy (non-hydrogen) atoms. The first kappa shape index (κ1) is 13.3. The Morgan fingerprint density at radius 3 is 2.62 bits per heavy atom. The Morgan fingerprint density at radius 1 is 1.38 bits per heavy atom. The lowest BCUT2D eigenvalue weighted by molar-refractivity contribution is 0.249. The molecule has 0 aliphatic heterocycles. The maximum atomic E-state index is 5.45. The number of likely N-dealkylation sites (N-methyl/N-ethyl adjacent to an activating group) is 1. The lowest BCUT2D eigenvalue weighted by atomic mass is 10.1. The molecule has 0 saturated heterocycles. The highest BCUT2D eigenvalue weighted by molar-refractivity contribution is 5.04. The Kier molecular flexibility index (Phi) is 5.56. The van der Waals surface area contributed by atoms with Gasteiger partial charge in [0.2, 0.25) is 0 Å². The van der Waals surface area contributed by atoms with Gasteiger partial charge in [-0.15, -0.1) is 0 Å². The first-order chi connectivity index (χ1) is 7.61. The molecule has 1 unspecified atom stereocenters. The van der Waals surface area contributed by atoms with Gasteiger partial charge >= 0.3 is 0 Å². The van der Waals surface area contributed by atoms with Crippen molar-refractivity contribution in [2.24, 2.45) is 5.92 Å². The van der Waals surface area contributed by atoms with Gasteiger partial charge in [-0.3, -0.25) is 4.90 Å². The van der Waals surface area contributed by atoms with Gasteiger partial charge in [-0.2, -0.15) is 0 Å². The lowest BCUT2D eigenvalue weighted by Crippen LogP contribution is -2.31. The van der Waals surface area contributed by atoms with E-state index < -0.39 is 0 Å². The van der Waals surface area contributed by atoms with E-state index in [1.54, 1.807) is 6.26 Å². The normalized spacial score (nSPS) is 13.6. The van der Waals surface area contributed by atoms with Crippen molar-refractivity contribution in [3.63, 3.8) is 0 Å². The molecule has 1 rings (SSSR count). The first-order valence-corrected chi connectivity index (χ1v) is 6.01. The van der Waals surface area contributed by atoms with Crippen LogP contribution in [0.25, 0.3) is 0 Å². The average Bonchev–Trinajstić information content (AvgIpc) is 2.69. The standard InChI is InChI=1S/C13H24N2O/c1-11(2)7-8-14-10-12(15(3)4)13-6-5-9-16-13/h5-6,9,11-12,14H,7-8,10H2,1-4H3. The Labute approximate surface area is 98.8 Å². The van der Waals surface area contributed by atoms with Gasteiger partial charge in [0, 0.05) is 6.54 Å². The second kappa shape index (κ2) is 6.71. The van der Waals surface area contributed by atoms with Crippen LogP contribution < -0.4 is 5.32 Å². The molecule has 3 heteroatoms. The Balaban J connectivity index is 2.35. The van der Waals surface area contributed by atoms with Crippen LogP contribution in [-0.2, 0) is 0 Å². The highest BCUT2D eigenvalue weighted by atomic mass is 16.3. The molecule has 0 bridgehead atoms. The molecular formula is C13H24N2O. The predicted octanol–water partition coefficient (Wildman–Crippen LogP) is 2.52. The van der Waals surface area contributed by atoms with Crippen LogP contribution in [0.4, 0.5) is 0 Å². The lowest BCUT2D eigenvalue weighted by Gasteiger charge is -2.22. The van der Waals surface area contributed by atoms with Crippen molar-refractivity contribution in [1.29, 1.82) is 0 Å². The molecule has 1 N–H and O–H groups in total. The van der Waals surface area contributed by atoms with Crippen molar-refractivity contribution >= 4 is 0 Å². The molecule has 0 aliphatic carbocycles. The Hall–Kier alpha value is -0.800. The fraction of sp³-hybridized carbons (Fsp3) is 0.692. The number of hydrogen-bond acceptors (Lipinski definition) is 3. The van der Waals surface area contributed by atoms with Crippen molar-refractivity contribution in [2.45, 2.75) is 26.3 Å². The van der Waals surface area contributed by atoms with E-state index in [9.17, 15) is 0 Å². The van der Waals surface area contributed by atoms with Gasteiger partial charge in [0.15, 0.2) is 0 Å². The zero-order valence-corrected chi connectivity index (χ0v) is 10.9. The molecule has 0 aliphatic rings. The zero-order valence-electron chi connectivity index (χ0n) is 10.9. The second-order valence-electron chi connectivity index (χ2n) is 4.88. The summed E-state index contributed by atoms with van der Waals surface area (Å²) in [6, 6.07) is 4.30. The summed E-state index contributed by atoms with van der Waals surface area (Å²) >= 11 is 0. The summed E-state index contributed by atoms with van der Waals surface area (Å²) in [6.07, 6.45) is 2.96. The van der Waals surface area contributed by atoms with Gasteiger partial charge in [0.05, 0.1) is 12.3 Å². The molecule has 0 fully saturated rings. The van der Waals surface area contributed by atoms with E-state index in [0.717, 1.165) is 24.8 Å². The van der Waals surface area contributed by atoms with Crippen LogP contribution in [0, 0.1) is 5.92 Å². The Bertz CT molecular complexity index is 267. The Morgan fingerprint density at radius 2 is 2.12 bits per heavy atom. The number of rotatable bonds is 7. The van der Waals surface area contributed by atoms with E-state index in [4.69, 9.17) is 4.42 Å². The fourth-order valence-corrected chi connectivity index (χ4v) is 1.65.